The maximum absolute atomic E-state index is 13.6. The van der Waals surface area contributed by atoms with Crippen LogP contribution in [0, 0.1) is 5.82 Å². The molecule has 1 fully saturated rings. The summed E-state index contributed by atoms with van der Waals surface area (Å²) in [6.07, 6.45) is 2.09. The van der Waals surface area contributed by atoms with Crippen molar-refractivity contribution < 1.29 is 23.0 Å². The van der Waals surface area contributed by atoms with E-state index in [1.807, 2.05) is 0 Å². The van der Waals surface area contributed by atoms with Gasteiger partial charge in [-0.1, -0.05) is 24.3 Å². The highest BCUT2D eigenvalue weighted by molar-refractivity contribution is 7.85. The van der Waals surface area contributed by atoms with Crippen LogP contribution in [0.15, 0.2) is 76.5 Å². The third-order valence-electron chi connectivity index (χ3n) is 6.59. The van der Waals surface area contributed by atoms with Crippen LogP contribution in [-0.2, 0) is 22.1 Å². The monoisotopic (exact) mass is 519 g/mol. The second-order valence-corrected chi connectivity index (χ2v) is 10.5. The van der Waals surface area contributed by atoms with E-state index >= 15 is 0 Å². The fourth-order valence-corrected chi connectivity index (χ4v) is 5.99. The van der Waals surface area contributed by atoms with Crippen molar-refractivity contribution in [1.29, 1.82) is 0 Å². The van der Waals surface area contributed by atoms with Crippen molar-refractivity contribution in [1.82, 2.24) is 10.2 Å². The highest BCUT2D eigenvalue weighted by atomic mass is 32.2. The van der Waals surface area contributed by atoms with E-state index in [1.54, 1.807) is 59.5 Å². The summed E-state index contributed by atoms with van der Waals surface area (Å²) < 4.78 is 27.0. The highest BCUT2D eigenvalue weighted by Gasteiger charge is 2.31. The van der Waals surface area contributed by atoms with Crippen molar-refractivity contribution >= 4 is 34.2 Å². The lowest BCUT2D eigenvalue weighted by molar-refractivity contribution is -0.127. The molecule has 0 aromatic heterocycles. The SMILES string of the molecule is O=C(NCCCN1CCCC1=O)c1ccc2c(c1)N(Cc1ccc(F)cc1)C(=O)c1ccccc1[S@@]2=O. The number of carbonyl (C=O) groups is 3. The minimum absolute atomic E-state index is 0.118. The van der Waals surface area contributed by atoms with Crippen LogP contribution in [0.5, 0.6) is 0 Å². The van der Waals surface area contributed by atoms with Crippen LogP contribution >= 0.6 is 0 Å². The van der Waals surface area contributed by atoms with Gasteiger partial charge in [-0.05, 0) is 60.9 Å². The van der Waals surface area contributed by atoms with Crippen LogP contribution in [0.25, 0.3) is 0 Å². The predicted octanol–water partition coefficient (Wildman–Crippen LogP) is 3.90. The molecule has 1 saturated heterocycles. The molecule has 0 radical (unpaired) electrons. The van der Waals surface area contributed by atoms with Crippen molar-refractivity contribution in [3.05, 3.63) is 89.2 Å². The van der Waals surface area contributed by atoms with Crippen LogP contribution in [0.3, 0.4) is 0 Å². The zero-order valence-corrected chi connectivity index (χ0v) is 20.9. The standard InChI is InChI=1S/C28H26FN3O4S/c29-21-11-8-19(9-12-21)18-32-23-17-20(27(34)30-14-4-16-31-15-3-7-26(31)33)10-13-25(23)37(36)24-6-2-1-5-22(24)28(32)35/h1-2,5-6,8-13,17H,3-4,7,14-16,18H2,(H,30,34)/t37-/m0/s1. The van der Waals surface area contributed by atoms with Gasteiger partial charge >= 0.3 is 0 Å². The number of likely N-dealkylation sites (tertiary alicyclic amines) is 1. The second-order valence-electron chi connectivity index (χ2n) is 9.06. The number of hydrogen-bond acceptors (Lipinski definition) is 4. The minimum Gasteiger partial charge on any atom is -0.352 e. The molecule has 2 heterocycles. The average molecular weight is 520 g/mol. The van der Waals surface area contributed by atoms with E-state index in [4.69, 9.17) is 0 Å². The number of nitrogens with zero attached hydrogens (tertiary/aromatic N) is 2. The molecule has 37 heavy (non-hydrogen) atoms. The van der Waals surface area contributed by atoms with Gasteiger partial charge < -0.3 is 15.1 Å². The summed E-state index contributed by atoms with van der Waals surface area (Å²) in [6.45, 7) is 1.87. The number of benzene rings is 3. The number of fused-ring (bicyclic) bond motifs is 2. The smallest absolute Gasteiger partial charge is 0.259 e. The number of carbonyl (C=O) groups excluding carboxylic acids is 3. The Morgan fingerprint density at radius 3 is 2.54 bits per heavy atom. The molecule has 0 bridgehead atoms. The molecule has 3 amide bonds. The fraction of sp³-hybridized carbons (Fsp3) is 0.250. The maximum atomic E-state index is 13.6. The van der Waals surface area contributed by atoms with Gasteiger partial charge in [0.2, 0.25) is 5.91 Å². The summed E-state index contributed by atoms with van der Waals surface area (Å²) in [6, 6.07) is 17.4. The lowest BCUT2D eigenvalue weighted by Crippen LogP contribution is -2.32. The molecule has 2 aliphatic heterocycles. The topological polar surface area (TPSA) is 86.8 Å². The summed E-state index contributed by atoms with van der Waals surface area (Å²) in [5.74, 6) is -0.903. The van der Waals surface area contributed by atoms with Crippen molar-refractivity contribution in [3.63, 3.8) is 0 Å². The first-order valence-corrected chi connectivity index (χ1v) is 13.3. The molecule has 0 saturated carbocycles. The third kappa shape index (κ3) is 5.17. The van der Waals surface area contributed by atoms with Gasteiger partial charge in [0.05, 0.1) is 38.4 Å². The minimum atomic E-state index is -1.64. The summed E-state index contributed by atoms with van der Waals surface area (Å²) in [5, 5.41) is 2.87. The van der Waals surface area contributed by atoms with E-state index in [2.05, 4.69) is 5.32 Å². The molecule has 5 rings (SSSR count). The Morgan fingerprint density at radius 1 is 1.00 bits per heavy atom. The molecular formula is C28H26FN3O4S. The molecule has 0 unspecified atom stereocenters. The normalized spacial score (nSPS) is 16.8. The molecule has 9 heteroatoms. The van der Waals surface area contributed by atoms with Crippen molar-refractivity contribution in [2.24, 2.45) is 0 Å². The Kier molecular flexibility index (Phi) is 7.14. The lowest BCUT2D eigenvalue weighted by Gasteiger charge is -2.23. The quantitative estimate of drug-likeness (QED) is 0.480. The van der Waals surface area contributed by atoms with E-state index in [0.717, 1.165) is 13.0 Å². The van der Waals surface area contributed by atoms with Gasteiger partial charge in [0.15, 0.2) is 0 Å². The number of anilines is 1. The van der Waals surface area contributed by atoms with Crippen LogP contribution in [-0.4, -0.2) is 46.5 Å². The van der Waals surface area contributed by atoms with Crippen LogP contribution in [0.4, 0.5) is 10.1 Å². The first-order valence-electron chi connectivity index (χ1n) is 12.2. The van der Waals surface area contributed by atoms with Crippen LogP contribution < -0.4 is 10.2 Å². The third-order valence-corrected chi connectivity index (χ3v) is 8.09. The predicted molar refractivity (Wildman–Crippen MR) is 137 cm³/mol. The molecule has 0 spiro atoms. The van der Waals surface area contributed by atoms with Gasteiger partial charge in [0.25, 0.3) is 11.8 Å². The molecule has 3 aromatic carbocycles. The lowest BCUT2D eigenvalue weighted by atomic mass is 10.1. The Balaban J connectivity index is 1.41. The van der Waals surface area contributed by atoms with E-state index in [9.17, 15) is 23.0 Å². The van der Waals surface area contributed by atoms with Gasteiger partial charge in [-0.3, -0.25) is 14.4 Å². The van der Waals surface area contributed by atoms with E-state index in [-0.39, 0.29) is 30.1 Å². The maximum Gasteiger partial charge on any atom is 0.259 e. The zero-order valence-electron chi connectivity index (χ0n) is 20.1. The van der Waals surface area contributed by atoms with E-state index < -0.39 is 10.8 Å². The van der Waals surface area contributed by atoms with Gasteiger partial charge in [0.1, 0.15) is 5.82 Å². The molecule has 0 aliphatic carbocycles. The Bertz CT molecular complexity index is 1390. The first kappa shape index (κ1) is 24.8. The first-order chi connectivity index (χ1) is 17.9. The number of nitrogens with one attached hydrogen (secondary N) is 1. The number of hydrogen-bond donors (Lipinski definition) is 1. The fourth-order valence-electron chi connectivity index (χ4n) is 4.65. The van der Waals surface area contributed by atoms with Gasteiger partial charge in [-0.25, -0.2) is 8.60 Å². The van der Waals surface area contributed by atoms with Crippen LogP contribution in [0.2, 0.25) is 0 Å². The number of rotatable bonds is 7. The van der Waals surface area contributed by atoms with E-state index in [0.29, 0.717) is 58.1 Å². The van der Waals surface area contributed by atoms with Gasteiger partial charge in [-0.15, -0.1) is 0 Å². The van der Waals surface area contributed by atoms with Crippen LogP contribution in [0.1, 0.15) is 45.5 Å². The zero-order chi connectivity index (χ0) is 25.9. The van der Waals surface area contributed by atoms with Crippen molar-refractivity contribution in [2.75, 3.05) is 24.5 Å². The largest absolute Gasteiger partial charge is 0.352 e. The summed E-state index contributed by atoms with van der Waals surface area (Å²) >= 11 is 0. The molecule has 7 nitrogen and oxygen atoms in total. The summed E-state index contributed by atoms with van der Waals surface area (Å²) in [5.41, 5.74) is 1.72. The number of amides is 3. The van der Waals surface area contributed by atoms with E-state index in [1.165, 1.54) is 17.0 Å². The Hall–Kier alpha value is -3.85. The van der Waals surface area contributed by atoms with Gasteiger partial charge in [0, 0.05) is 31.6 Å². The second kappa shape index (κ2) is 10.6. The summed E-state index contributed by atoms with van der Waals surface area (Å²) in [4.78, 5) is 42.5. The summed E-state index contributed by atoms with van der Waals surface area (Å²) in [7, 11) is -1.64. The number of halogens is 1. The molecule has 190 valence electrons. The Labute approximate surface area is 216 Å². The molecular weight excluding hydrogens is 493 g/mol. The van der Waals surface area contributed by atoms with Crippen molar-refractivity contribution in [3.8, 4) is 0 Å². The average Bonchev–Trinajstić information content (AvgIpc) is 3.30. The van der Waals surface area contributed by atoms with Crippen molar-refractivity contribution in [2.45, 2.75) is 35.6 Å². The molecule has 2 aliphatic rings. The Morgan fingerprint density at radius 2 is 1.78 bits per heavy atom. The molecule has 3 aromatic rings. The molecule has 1 atom stereocenters. The molecule has 1 N–H and O–H groups in total. The van der Waals surface area contributed by atoms with Gasteiger partial charge in [-0.2, -0.15) is 0 Å². The highest BCUT2D eigenvalue weighted by Crippen LogP contribution is 2.36.